The highest BCUT2D eigenvalue weighted by molar-refractivity contribution is 6.43. The Balaban J connectivity index is 1.83. The van der Waals surface area contributed by atoms with E-state index >= 15 is 0 Å². The van der Waals surface area contributed by atoms with Crippen molar-refractivity contribution < 1.29 is 0 Å². The first kappa shape index (κ1) is 14.0. The first-order valence-electron chi connectivity index (χ1n) is 6.60. The largest absolute Gasteiger partial charge is 0.354 e. The SMILES string of the molecule is Clc1cccc(Nc2ccc(-c3ccccc3)cc2)c1Cl. The van der Waals surface area contributed by atoms with Crippen molar-refractivity contribution in [3.05, 3.63) is 82.8 Å². The van der Waals surface area contributed by atoms with Crippen LogP contribution in [-0.2, 0) is 0 Å². The van der Waals surface area contributed by atoms with Crippen molar-refractivity contribution in [3.8, 4) is 11.1 Å². The average Bonchev–Trinajstić information content (AvgIpc) is 2.53. The van der Waals surface area contributed by atoms with Gasteiger partial charge in [0.1, 0.15) is 0 Å². The second-order valence-corrected chi connectivity index (χ2v) is 5.45. The molecule has 0 saturated heterocycles. The third-order valence-corrected chi connectivity index (χ3v) is 4.04. The molecular formula is C18H13Cl2N. The molecule has 0 amide bonds. The fraction of sp³-hybridized carbons (Fsp3) is 0. The highest BCUT2D eigenvalue weighted by atomic mass is 35.5. The van der Waals surface area contributed by atoms with E-state index in [1.807, 2.05) is 42.5 Å². The van der Waals surface area contributed by atoms with Gasteiger partial charge in [0, 0.05) is 5.69 Å². The maximum atomic E-state index is 6.18. The zero-order chi connectivity index (χ0) is 14.7. The van der Waals surface area contributed by atoms with Gasteiger partial charge in [0.2, 0.25) is 0 Å². The predicted molar refractivity (Wildman–Crippen MR) is 91.6 cm³/mol. The molecule has 0 radical (unpaired) electrons. The van der Waals surface area contributed by atoms with Crippen molar-refractivity contribution in [1.29, 1.82) is 0 Å². The molecule has 0 bridgehead atoms. The number of hydrogen-bond donors (Lipinski definition) is 1. The van der Waals surface area contributed by atoms with Crippen molar-refractivity contribution in [2.24, 2.45) is 0 Å². The lowest BCUT2D eigenvalue weighted by Crippen LogP contribution is -1.91. The van der Waals surface area contributed by atoms with E-state index in [0.717, 1.165) is 11.4 Å². The van der Waals surface area contributed by atoms with Gasteiger partial charge in [-0.2, -0.15) is 0 Å². The van der Waals surface area contributed by atoms with Crippen molar-refractivity contribution in [3.63, 3.8) is 0 Å². The molecule has 21 heavy (non-hydrogen) atoms. The lowest BCUT2D eigenvalue weighted by atomic mass is 10.1. The zero-order valence-corrected chi connectivity index (χ0v) is 12.7. The minimum atomic E-state index is 0.534. The van der Waals surface area contributed by atoms with Gasteiger partial charge in [-0.05, 0) is 35.4 Å². The van der Waals surface area contributed by atoms with Gasteiger partial charge in [-0.1, -0.05) is 71.7 Å². The van der Waals surface area contributed by atoms with Crippen LogP contribution in [0.25, 0.3) is 11.1 Å². The lowest BCUT2D eigenvalue weighted by Gasteiger charge is -2.10. The van der Waals surface area contributed by atoms with Crippen LogP contribution in [0.15, 0.2) is 72.8 Å². The van der Waals surface area contributed by atoms with Gasteiger partial charge in [0.25, 0.3) is 0 Å². The first-order valence-corrected chi connectivity index (χ1v) is 7.36. The van der Waals surface area contributed by atoms with Gasteiger partial charge in [-0.3, -0.25) is 0 Å². The van der Waals surface area contributed by atoms with Crippen LogP contribution in [0.4, 0.5) is 11.4 Å². The Labute approximate surface area is 134 Å². The van der Waals surface area contributed by atoms with E-state index in [0.29, 0.717) is 10.0 Å². The Morgan fingerprint density at radius 3 is 2.00 bits per heavy atom. The van der Waals surface area contributed by atoms with E-state index in [4.69, 9.17) is 23.2 Å². The van der Waals surface area contributed by atoms with E-state index < -0.39 is 0 Å². The molecule has 1 N–H and O–H groups in total. The molecule has 0 aromatic heterocycles. The number of halogens is 2. The molecule has 0 aliphatic carbocycles. The lowest BCUT2D eigenvalue weighted by molar-refractivity contribution is 1.54. The molecule has 0 aliphatic rings. The second-order valence-electron chi connectivity index (χ2n) is 4.67. The molecule has 3 aromatic rings. The Morgan fingerprint density at radius 2 is 1.29 bits per heavy atom. The van der Waals surface area contributed by atoms with E-state index in [1.54, 1.807) is 6.07 Å². The molecule has 0 aliphatic heterocycles. The van der Waals surface area contributed by atoms with Crippen molar-refractivity contribution in [1.82, 2.24) is 0 Å². The molecule has 3 aromatic carbocycles. The summed E-state index contributed by atoms with van der Waals surface area (Å²) in [7, 11) is 0. The Bertz CT molecular complexity index is 737. The summed E-state index contributed by atoms with van der Waals surface area (Å²) in [6.07, 6.45) is 0. The topological polar surface area (TPSA) is 12.0 Å². The fourth-order valence-electron chi connectivity index (χ4n) is 2.13. The summed E-state index contributed by atoms with van der Waals surface area (Å²) in [5, 5.41) is 4.35. The first-order chi connectivity index (χ1) is 10.2. The molecule has 1 nitrogen and oxygen atoms in total. The van der Waals surface area contributed by atoms with Gasteiger partial charge >= 0.3 is 0 Å². The zero-order valence-electron chi connectivity index (χ0n) is 11.2. The Kier molecular flexibility index (Phi) is 4.14. The van der Waals surface area contributed by atoms with Gasteiger partial charge in [-0.25, -0.2) is 0 Å². The molecule has 3 rings (SSSR count). The van der Waals surface area contributed by atoms with Crippen LogP contribution in [-0.4, -0.2) is 0 Å². The molecule has 0 atom stereocenters. The van der Waals surface area contributed by atoms with Crippen LogP contribution in [0, 0.1) is 0 Å². The smallest absolute Gasteiger partial charge is 0.0827 e. The Hall–Kier alpha value is -1.96. The molecule has 3 heteroatoms. The van der Waals surface area contributed by atoms with E-state index in [-0.39, 0.29) is 0 Å². The normalized spacial score (nSPS) is 10.4. The van der Waals surface area contributed by atoms with Crippen molar-refractivity contribution >= 4 is 34.6 Å². The summed E-state index contributed by atoms with van der Waals surface area (Å²) in [5.74, 6) is 0. The summed E-state index contributed by atoms with van der Waals surface area (Å²) < 4.78 is 0. The quantitative estimate of drug-likeness (QED) is 0.589. The number of anilines is 2. The third kappa shape index (κ3) is 3.21. The second kappa shape index (κ2) is 6.21. The molecule has 104 valence electrons. The monoisotopic (exact) mass is 313 g/mol. The molecular weight excluding hydrogens is 301 g/mol. The molecule has 0 spiro atoms. The average molecular weight is 314 g/mol. The number of rotatable bonds is 3. The van der Waals surface area contributed by atoms with E-state index in [9.17, 15) is 0 Å². The standard InChI is InChI=1S/C18H13Cl2N/c19-16-7-4-8-17(18(16)20)21-15-11-9-14(10-12-15)13-5-2-1-3-6-13/h1-12,21H. The highest BCUT2D eigenvalue weighted by Gasteiger charge is 2.04. The van der Waals surface area contributed by atoms with Crippen molar-refractivity contribution in [2.75, 3.05) is 5.32 Å². The maximum Gasteiger partial charge on any atom is 0.0827 e. The van der Waals surface area contributed by atoms with Crippen LogP contribution < -0.4 is 5.32 Å². The summed E-state index contributed by atoms with van der Waals surface area (Å²) in [6, 6.07) is 24.0. The van der Waals surface area contributed by atoms with Gasteiger partial charge in [-0.15, -0.1) is 0 Å². The third-order valence-electron chi connectivity index (χ3n) is 3.22. The number of nitrogens with one attached hydrogen (secondary N) is 1. The molecule has 0 saturated carbocycles. The van der Waals surface area contributed by atoms with Crippen LogP contribution in [0.1, 0.15) is 0 Å². The van der Waals surface area contributed by atoms with Gasteiger partial charge in [0.05, 0.1) is 15.7 Å². The summed E-state index contributed by atoms with van der Waals surface area (Å²) in [5.41, 5.74) is 4.15. The number of benzene rings is 3. The predicted octanol–water partition coefficient (Wildman–Crippen LogP) is 6.40. The molecule has 0 fully saturated rings. The fourth-order valence-corrected chi connectivity index (χ4v) is 2.48. The highest BCUT2D eigenvalue weighted by Crippen LogP contribution is 2.32. The minimum Gasteiger partial charge on any atom is -0.354 e. The maximum absolute atomic E-state index is 6.18. The van der Waals surface area contributed by atoms with E-state index in [2.05, 4.69) is 29.6 Å². The molecule has 0 heterocycles. The van der Waals surface area contributed by atoms with Crippen molar-refractivity contribution in [2.45, 2.75) is 0 Å². The van der Waals surface area contributed by atoms with Crippen LogP contribution in [0.3, 0.4) is 0 Å². The minimum absolute atomic E-state index is 0.534. The number of hydrogen-bond acceptors (Lipinski definition) is 1. The van der Waals surface area contributed by atoms with Crippen LogP contribution in [0.2, 0.25) is 10.0 Å². The van der Waals surface area contributed by atoms with Crippen LogP contribution in [0.5, 0.6) is 0 Å². The van der Waals surface area contributed by atoms with E-state index in [1.165, 1.54) is 11.1 Å². The summed E-state index contributed by atoms with van der Waals surface area (Å²) >= 11 is 12.2. The van der Waals surface area contributed by atoms with Gasteiger partial charge in [0.15, 0.2) is 0 Å². The van der Waals surface area contributed by atoms with Gasteiger partial charge < -0.3 is 5.32 Å². The summed E-state index contributed by atoms with van der Waals surface area (Å²) in [6.45, 7) is 0. The van der Waals surface area contributed by atoms with Crippen LogP contribution >= 0.6 is 23.2 Å². The molecule has 0 unspecified atom stereocenters. The Morgan fingerprint density at radius 1 is 0.619 bits per heavy atom. The summed E-state index contributed by atoms with van der Waals surface area (Å²) in [4.78, 5) is 0.